The van der Waals surface area contributed by atoms with E-state index in [4.69, 9.17) is 9.47 Å². The molecule has 1 aliphatic heterocycles. The fourth-order valence-corrected chi connectivity index (χ4v) is 2.33. The van der Waals surface area contributed by atoms with Crippen LogP contribution in [0.5, 0.6) is 0 Å². The molecule has 0 spiro atoms. The van der Waals surface area contributed by atoms with Gasteiger partial charge in [0.25, 0.3) is 0 Å². The Morgan fingerprint density at radius 1 is 1.43 bits per heavy atom. The van der Waals surface area contributed by atoms with Gasteiger partial charge in [-0.3, -0.25) is 0 Å². The van der Waals surface area contributed by atoms with Crippen LogP contribution < -0.4 is 0 Å². The molecule has 0 amide bonds. The second kappa shape index (κ2) is 7.71. The van der Waals surface area contributed by atoms with Crippen LogP contribution in [0.1, 0.15) is 55.9 Å². The van der Waals surface area contributed by atoms with Crippen molar-refractivity contribution in [2.24, 2.45) is 0 Å². The number of hydrogen-bond donors (Lipinski definition) is 0. The van der Waals surface area contributed by atoms with Crippen LogP contribution in [-0.2, 0) is 9.47 Å². The third kappa shape index (κ3) is 4.65. The number of epoxide rings is 1. The largest absolute Gasteiger partial charge is 0.371 e. The molecule has 0 N–H and O–H groups in total. The van der Waals surface area contributed by atoms with Crippen molar-refractivity contribution < 1.29 is 13.9 Å². The lowest BCUT2D eigenvalue weighted by molar-refractivity contribution is 0.0391. The van der Waals surface area contributed by atoms with E-state index in [9.17, 15) is 4.39 Å². The van der Waals surface area contributed by atoms with Crippen LogP contribution in [0, 0.1) is 12.7 Å². The normalized spacial score (nSPS) is 19.1. The summed E-state index contributed by atoms with van der Waals surface area (Å²) in [5, 5.41) is 0. The molecule has 0 radical (unpaired) electrons. The molecule has 0 bridgehead atoms. The van der Waals surface area contributed by atoms with E-state index >= 15 is 0 Å². The van der Waals surface area contributed by atoms with Crippen LogP contribution in [0.25, 0.3) is 6.08 Å². The van der Waals surface area contributed by atoms with Crippen molar-refractivity contribution in [1.29, 1.82) is 0 Å². The Labute approximate surface area is 127 Å². The van der Waals surface area contributed by atoms with Crippen molar-refractivity contribution in [3.05, 3.63) is 40.7 Å². The van der Waals surface area contributed by atoms with Gasteiger partial charge in [0.05, 0.1) is 19.3 Å². The highest BCUT2D eigenvalue weighted by molar-refractivity contribution is 5.56. The maximum absolute atomic E-state index is 14.0. The molecule has 2 rings (SSSR count). The molecule has 0 aliphatic carbocycles. The predicted octanol–water partition coefficient (Wildman–Crippen LogP) is 4.81. The van der Waals surface area contributed by atoms with E-state index in [0.717, 1.165) is 37.0 Å². The lowest BCUT2D eigenvalue weighted by atomic mass is 9.97. The van der Waals surface area contributed by atoms with Crippen LogP contribution in [0.15, 0.2) is 18.2 Å². The summed E-state index contributed by atoms with van der Waals surface area (Å²) in [6.07, 6.45) is 7.35. The molecular weight excluding hydrogens is 267 g/mol. The van der Waals surface area contributed by atoms with E-state index in [1.54, 1.807) is 13.0 Å². The first-order valence-electron chi connectivity index (χ1n) is 7.85. The molecule has 0 aromatic heterocycles. The molecule has 1 fully saturated rings. The van der Waals surface area contributed by atoms with Gasteiger partial charge in [0.15, 0.2) is 0 Å². The number of allylic oxidation sites excluding steroid dienone is 1. The quantitative estimate of drug-likeness (QED) is 0.641. The highest BCUT2D eigenvalue weighted by Gasteiger charge is 2.25. The molecule has 116 valence electrons. The summed E-state index contributed by atoms with van der Waals surface area (Å²) in [6.45, 7) is 7.38. The number of halogens is 1. The fourth-order valence-electron chi connectivity index (χ4n) is 2.33. The minimum Gasteiger partial charge on any atom is -0.371 e. The van der Waals surface area contributed by atoms with E-state index in [-0.39, 0.29) is 18.0 Å². The summed E-state index contributed by atoms with van der Waals surface area (Å²) >= 11 is 0. The number of aryl methyl sites for hydroxylation is 1. The zero-order chi connectivity index (χ0) is 15.2. The molecule has 1 aromatic carbocycles. The average Bonchev–Trinajstić information content (AvgIpc) is 3.28. The monoisotopic (exact) mass is 292 g/mol. The Hall–Kier alpha value is -1.19. The minimum absolute atomic E-state index is 0.0782. The molecule has 1 saturated heterocycles. The lowest BCUT2D eigenvalue weighted by Gasteiger charge is -2.19. The summed E-state index contributed by atoms with van der Waals surface area (Å²) in [4.78, 5) is 0. The van der Waals surface area contributed by atoms with Crippen molar-refractivity contribution in [2.45, 2.75) is 52.2 Å². The SMILES string of the molecule is CCC/C=C/c1cc(C)c(F)cc1[C@@H](CC)OC[C@H]1CO1. The summed E-state index contributed by atoms with van der Waals surface area (Å²) in [5.41, 5.74) is 2.68. The van der Waals surface area contributed by atoms with Crippen molar-refractivity contribution in [3.8, 4) is 0 Å². The molecular formula is C18H25FO2. The third-order valence-corrected chi connectivity index (χ3v) is 3.72. The van der Waals surface area contributed by atoms with Gasteiger partial charge in [0.2, 0.25) is 0 Å². The van der Waals surface area contributed by atoms with Crippen molar-refractivity contribution in [3.63, 3.8) is 0 Å². The number of rotatable bonds is 8. The van der Waals surface area contributed by atoms with E-state index in [1.165, 1.54) is 0 Å². The van der Waals surface area contributed by atoms with Gasteiger partial charge in [-0.2, -0.15) is 0 Å². The van der Waals surface area contributed by atoms with Gasteiger partial charge >= 0.3 is 0 Å². The lowest BCUT2D eigenvalue weighted by Crippen LogP contribution is -2.10. The zero-order valence-corrected chi connectivity index (χ0v) is 13.2. The Balaban J connectivity index is 2.21. The van der Waals surface area contributed by atoms with E-state index < -0.39 is 0 Å². The van der Waals surface area contributed by atoms with Gasteiger partial charge in [-0.1, -0.05) is 32.4 Å². The van der Waals surface area contributed by atoms with E-state index in [2.05, 4.69) is 26.0 Å². The second-order valence-corrected chi connectivity index (χ2v) is 5.61. The third-order valence-electron chi connectivity index (χ3n) is 3.72. The maximum atomic E-state index is 14.0. The predicted molar refractivity (Wildman–Crippen MR) is 83.8 cm³/mol. The summed E-state index contributed by atoms with van der Waals surface area (Å²) in [5.74, 6) is -0.164. The second-order valence-electron chi connectivity index (χ2n) is 5.61. The molecule has 3 heteroatoms. The zero-order valence-electron chi connectivity index (χ0n) is 13.2. The van der Waals surface area contributed by atoms with Gasteiger partial charge in [0, 0.05) is 0 Å². The Kier molecular flexibility index (Phi) is 5.95. The Morgan fingerprint density at radius 3 is 2.81 bits per heavy atom. The molecule has 21 heavy (non-hydrogen) atoms. The number of ether oxygens (including phenoxy) is 2. The number of unbranched alkanes of at least 4 members (excludes halogenated alkanes) is 1. The van der Waals surface area contributed by atoms with Gasteiger partial charge in [-0.05, 0) is 48.6 Å². The molecule has 1 aromatic rings. The van der Waals surface area contributed by atoms with Gasteiger partial charge in [-0.25, -0.2) is 4.39 Å². The van der Waals surface area contributed by atoms with E-state index in [1.807, 2.05) is 6.07 Å². The first-order valence-corrected chi connectivity index (χ1v) is 7.85. The summed E-state index contributed by atoms with van der Waals surface area (Å²) in [6, 6.07) is 3.54. The van der Waals surface area contributed by atoms with Crippen LogP contribution >= 0.6 is 0 Å². The molecule has 1 heterocycles. The standard InChI is InChI=1S/C18H25FO2/c1-4-6-7-8-14-9-13(3)17(19)10-16(14)18(5-2)21-12-15-11-20-15/h7-10,15,18H,4-6,11-12H2,1-3H3/b8-7+/t15-,18-/m1/s1. The highest BCUT2D eigenvalue weighted by atomic mass is 19.1. The molecule has 2 atom stereocenters. The Morgan fingerprint density at radius 2 is 2.19 bits per heavy atom. The van der Waals surface area contributed by atoms with Crippen molar-refractivity contribution >= 4 is 6.08 Å². The smallest absolute Gasteiger partial charge is 0.126 e. The van der Waals surface area contributed by atoms with Crippen molar-refractivity contribution in [2.75, 3.05) is 13.2 Å². The molecule has 2 nitrogen and oxygen atoms in total. The summed E-state index contributed by atoms with van der Waals surface area (Å²) in [7, 11) is 0. The fraction of sp³-hybridized carbons (Fsp3) is 0.556. The first-order chi connectivity index (χ1) is 10.2. The molecule has 1 aliphatic rings. The highest BCUT2D eigenvalue weighted by Crippen LogP contribution is 2.29. The van der Waals surface area contributed by atoms with Crippen LogP contribution in [0.2, 0.25) is 0 Å². The van der Waals surface area contributed by atoms with E-state index in [0.29, 0.717) is 12.2 Å². The number of hydrogen-bond acceptors (Lipinski definition) is 2. The van der Waals surface area contributed by atoms with Crippen molar-refractivity contribution in [1.82, 2.24) is 0 Å². The number of benzene rings is 1. The van der Waals surface area contributed by atoms with Crippen LogP contribution in [0.3, 0.4) is 0 Å². The molecule has 0 saturated carbocycles. The van der Waals surface area contributed by atoms with Crippen LogP contribution in [-0.4, -0.2) is 19.3 Å². The maximum Gasteiger partial charge on any atom is 0.126 e. The van der Waals surface area contributed by atoms with Crippen LogP contribution in [0.4, 0.5) is 4.39 Å². The average molecular weight is 292 g/mol. The minimum atomic E-state index is -0.164. The Bertz CT molecular complexity index is 492. The first kappa shape index (κ1) is 16.2. The van der Waals surface area contributed by atoms with Gasteiger partial charge < -0.3 is 9.47 Å². The topological polar surface area (TPSA) is 21.8 Å². The molecule has 0 unspecified atom stereocenters. The van der Waals surface area contributed by atoms with Gasteiger partial charge in [0.1, 0.15) is 11.9 Å². The van der Waals surface area contributed by atoms with Gasteiger partial charge in [-0.15, -0.1) is 0 Å². The summed E-state index contributed by atoms with van der Waals surface area (Å²) < 4.78 is 25.0.